The molecule has 132 valence electrons. The average molecular weight is 338 g/mol. The summed E-state index contributed by atoms with van der Waals surface area (Å²) in [4.78, 5) is 13.4. The Kier molecular flexibility index (Phi) is 5.06. The van der Waals surface area contributed by atoms with Crippen LogP contribution < -0.4 is 16.0 Å². The summed E-state index contributed by atoms with van der Waals surface area (Å²) in [6.07, 6.45) is 9.78. The van der Waals surface area contributed by atoms with E-state index >= 15 is 0 Å². The number of aromatic nitrogens is 3. The number of rotatable bonds is 7. The van der Waals surface area contributed by atoms with Gasteiger partial charge in [0.2, 0.25) is 5.95 Å². The second kappa shape index (κ2) is 7.78. The predicted octanol–water partition coefficient (Wildman–Crippen LogP) is 2.91. The molecule has 0 atom stereocenters. The number of pyridine rings is 1. The van der Waals surface area contributed by atoms with Crippen LogP contribution in [0.2, 0.25) is 0 Å². The maximum Gasteiger partial charge on any atom is 0.225 e. The van der Waals surface area contributed by atoms with Crippen LogP contribution in [0, 0.1) is 5.92 Å². The summed E-state index contributed by atoms with van der Waals surface area (Å²) in [5.74, 6) is 2.44. The molecule has 0 unspecified atom stereocenters. The van der Waals surface area contributed by atoms with Crippen LogP contribution in [0.15, 0.2) is 30.6 Å². The molecule has 0 aromatic carbocycles. The van der Waals surface area contributed by atoms with Crippen molar-refractivity contribution in [1.29, 1.82) is 0 Å². The Bertz CT molecular complexity index is 680. The van der Waals surface area contributed by atoms with E-state index in [1.165, 1.54) is 32.1 Å². The second-order valence-electron chi connectivity index (χ2n) is 7.03. The Morgan fingerprint density at radius 3 is 2.60 bits per heavy atom. The van der Waals surface area contributed by atoms with E-state index in [4.69, 9.17) is 0 Å². The van der Waals surface area contributed by atoms with Crippen molar-refractivity contribution in [3.05, 3.63) is 30.6 Å². The molecule has 2 aromatic rings. The molecule has 2 fully saturated rings. The van der Waals surface area contributed by atoms with Crippen molar-refractivity contribution in [2.75, 3.05) is 30.3 Å². The monoisotopic (exact) mass is 338 g/mol. The molecule has 2 aliphatic rings. The summed E-state index contributed by atoms with van der Waals surface area (Å²) in [5.41, 5.74) is 2.00. The minimum absolute atomic E-state index is 0.537. The van der Waals surface area contributed by atoms with Gasteiger partial charge >= 0.3 is 0 Å². The fourth-order valence-corrected chi connectivity index (χ4v) is 3.26. The first kappa shape index (κ1) is 16.3. The van der Waals surface area contributed by atoms with Gasteiger partial charge in [-0.2, -0.15) is 4.98 Å². The van der Waals surface area contributed by atoms with Crippen LogP contribution in [0.25, 0.3) is 11.3 Å². The van der Waals surface area contributed by atoms with E-state index in [1.54, 1.807) is 12.4 Å². The van der Waals surface area contributed by atoms with Gasteiger partial charge in [-0.15, -0.1) is 0 Å². The average Bonchev–Trinajstić information content (AvgIpc) is 3.47. The molecule has 1 aliphatic carbocycles. The summed E-state index contributed by atoms with van der Waals surface area (Å²) in [6.45, 7) is 3.26. The van der Waals surface area contributed by atoms with Crippen LogP contribution in [0.1, 0.15) is 32.1 Å². The minimum atomic E-state index is 0.537. The first-order valence-electron chi connectivity index (χ1n) is 9.37. The summed E-state index contributed by atoms with van der Waals surface area (Å²) in [7, 11) is 0. The zero-order valence-electron chi connectivity index (χ0n) is 14.5. The van der Waals surface area contributed by atoms with Crippen molar-refractivity contribution >= 4 is 11.8 Å². The fraction of sp³-hybridized carbons (Fsp3) is 0.526. The summed E-state index contributed by atoms with van der Waals surface area (Å²) >= 11 is 0. The standard InChI is InChI=1S/C19H26N6/c1-2-16(1)23-19-24-17(15-6-10-21-11-7-15)13-18(25-19)22-12-5-14-3-8-20-9-4-14/h6-7,10-11,13-14,16,20H,1-5,8-9,12H2,(H2,22,23,24,25). The normalized spacial score (nSPS) is 18.1. The number of nitrogens with one attached hydrogen (secondary N) is 3. The smallest absolute Gasteiger partial charge is 0.225 e. The highest BCUT2D eigenvalue weighted by Crippen LogP contribution is 2.26. The topological polar surface area (TPSA) is 74.8 Å². The van der Waals surface area contributed by atoms with Gasteiger partial charge in [-0.05, 0) is 63.2 Å². The van der Waals surface area contributed by atoms with Crippen LogP contribution >= 0.6 is 0 Å². The van der Waals surface area contributed by atoms with E-state index in [9.17, 15) is 0 Å². The van der Waals surface area contributed by atoms with Crippen LogP contribution in [0.5, 0.6) is 0 Å². The highest BCUT2D eigenvalue weighted by atomic mass is 15.2. The van der Waals surface area contributed by atoms with E-state index in [2.05, 4.69) is 30.9 Å². The number of hydrogen-bond acceptors (Lipinski definition) is 6. The van der Waals surface area contributed by atoms with Crippen LogP contribution in [-0.4, -0.2) is 40.6 Å². The van der Waals surface area contributed by atoms with Crippen molar-refractivity contribution in [3.8, 4) is 11.3 Å². The maximum absolute atomic E-state index is 4.68. The SMILES string of the molecule is c1cc(-c2cc(NCCC3CCNCC3)nc(NC3CC3)n2)ccn1. The van der Waals surface area contributed by atoms with Crippen molar-refractivity contribution in [2.24, 2.45) is 5.92 Å². The lowest BCUT2D eigenvalue weighted by atomic mass is 9.95. The molecular weight excluding hydrogens is 312 g/mol. The molecule has 0 bridgehead atoms. The Balaban J connectivity index is 1.45. The van der Waals surface area contributed by atoms with Gasteiger partial charge < -0.3 is 16.0 Å². The maximum atomic E-state index is 4.68. The molecule has 6 heteroatoms. The third kappa shape index (κ3) is 4.66. The zero-order chi connectivity index (χ0) is 16.9. The lowest BCUT2D eigenvalue weighted by molar-refractivity contribution is 0.361. The molecule has 3 heterocycles. The van der Waals surface area contributed by atoms with Crippen molar-refractivity contribution in [1.82, 2.24) is 20.3 Å². The molecule has 1 aliphatic heterocycles. The number of hydrogen-bond donors (Lipinski definition) is 3. The van der Waals surface area contributed by atoms with Crippen LogP contribution in [-0.2, 0) is 0 Å². The molecule has 1 saturated carbocycles. The van der Waals surface area contributed by atoms with Crippen molar-refractivity contribution < 1.29 is 0 Å². The fourth-order valence-electron chi connectivity index (χ4n) is 3.26. The third-order valence-corrected chi connectivity index (χ3v) is 4.93. The van der Waals surface area contributed by atoms with Crippen molar-refractivity contribution in [2.45, 2.75) is 38.1 Å². The van der Waals surface area contributed by atoms with Gasteiger partial charge in [0.05, 0.1) is 5.69 Å². The predicted molar refractivity (Wildman–Crippen MR) is 101 cm³/mol. The largest absolute Gasteiger partial charge is 0.370 e. The molecule has 2 aromatic heterocycles. The van der Waals surface area contributed by atoms with Gasteiger partial charge in [0.15, 0.2) is 0 Å². The first-order valence-corrected chi connectivity index (χ1v) is 9.37. The summed E-state index contributed by atoms with van der Waals surface area (Å²) in [6, 6.07) is 6.55. The Labute approximate surface area is 148 Å². The molecule has 0 spiro atoms. The van der Waals surface area contributed by atoms with Gasteiger partial charge in [-0.25, -0.2) is 4.98 Å². The molecule has 1 saturated heterocycles. The van der Waals surface area contributed by atoms with Gasteiger partial charge in [-0.3, -0.25) is 4.98 Å². The number of nitrogens with zero attached hydrogens (tertiary/aromatic N) is 3. The van der Waals surface area contributed by atoms with E-state index in [0.29, 0.717) is 6.04 Å². The highest BCUT2D eigenvalue weighted by molar-refractivity contribution is 5.64. The van der Waals surface area contributed by atoms with Gasteiger partial charge in [-0.1, -0.05) is 0 Å². The molecule has 4 rings (SSSR count). The van der Waals surface area contributed by atoms with E-state index in [1.807, 2.05) is 18.2 Å². The molecular formula is C19H26N6. The molecule has 25 heavy (non-hydrogen) atoms. The van der Waals surface area contributed by atoms with Gasteiger partial charge in [0.25, 0.3) is 0 Å². The molecule has 3 N–H and O–H groups in total. The molecule has 6 nitrogen and oxygen atoms in total. The van der Waals surface area contributed by atoms with Gasteiger partial charge in [0, 0.05) is 36.6 Å². The minimum Gasteiger partial charge on any atom is -0.370 e. The Morgan fingerprint density at radius 1 is 1.04 bits per heavy atom. The zero-order valence-corrected chi connectivity index (χ0v) is 14.5. The quantitative estimate of drug-likeness (QED) is 0.721. The Morgan fingerprint density at radius 2 is 1.84 bits per heavy atom. The first-order chi connectivity index (χ1) is 12.4. The van der Waals surface area contributed by atoms with E-state index < -0.39 is 0 Å². The Hall–Kier alpha value is -2.21. The van der Waals surface area contributed by atoms with Crippen molar-refractivity contribution in [3.63, 3.8) is 0 Å². The lowest BCUT2D eigenvalue weighted by Crippen LogP contribution is -2.28. The van der Waals surface area contributed by atoms with Crippen LogP contribution in [0.4, 0.5) is 11.8 Å². The summed E-state index contributed by atoms with van der Waals surface area (Å²) < 4.78 is 0. The summed E-state index contributed by atoms with van der Waals surface area (Å²) in [5, 5.41) is 10.4. The second-order valence-corrected chi connectivity index (χ2v) is 7.03. The third-order valence-electron chi connectivity index (χ3n) is 4.93. The van der Waals surface area contributed by atoms with Crippen LogP contribution in [0.3, 0.4) is 0 Å². The number of piperidine rings is 1. The van der Waals surface area contributed by atoms with Gasteiger partial charge in [0.1, 0.15) is 5.82 Å². The molecule has 0 amide bonds. The van der Waals surface area contributed by atoms with E-state index in [0.717, 1.165) is 48.6 Å². The lowest BCUT2D eigenvalue weighted by Gasteiger charge is -2.22. The number of anilines is 2. The highest BCUT2D eigenvalue weighted by Gasteiger charge is 2.22. The molecule has 0 radical (unpaired) electrons. The van der Waals surface area contributed by atoms with E-state index in [-0.39, 0.29) is 0 Å².